The van der Waals surface area contributed by atoms with E-state index in [2.05, 4.69) is 18.1 Å². The van der Waals surface area contributed by atoms with Crippen molar-refractivity contribution in [2.75, 3.05) is 0 Å². The van der Waals surface area contributed by atoms with Gasteiger partial charge in [0.05, 0.1) is 0 Å². The number of carbonyl (C=O) groups excluding carboxylic acids is 1. The second-order valence-electron chi connectivity index (χ2n) is 4.23. The number of hydrogen-bond donors (Lipinski definition) is 0. The Morgan fingerprint density at radius 1 is 1.14 bits per heavy atom. The fraction of sp³-hybridized carbons (Fsp3) is 0.538. The normalized spacial score (nSPS) is 27.7. The maximum Gasteiger partial charge on any atom is 0.128 e. The van der Waals surface area contributed by atoms with Crippen molar-refractivity contribution in [1.29, 1.82) is 0 Å². The minimum atomic E-state index is 0.345. The zero-order valence-electron chi connectivity index (χ0n) is 8.41. The molecule has 0 spiro atoms. The first-order chi connectivity index (χ1) is 6.92. The molecule has 0 saturated heterocycles. The lowest BCUT2D eigenvalue weighted by Crippen LogP contribution is -2.18. The molecule has 1 fully saturated rings. The van der Waals surface area contributed by atoms with E-state index in [0.717, 1.165) is 5.57 Å². The lowest BCUT2D eigenvalue weighted by molar-refractivity contribution is 0.312. The molecule has 1 unspecified atom stereocenters. The molecule has 1 atom stereocenters. The van der Waals surface area contributed by atoms with E-state index in [9.17, 15) is 4.79 Å². The summed E-state index contributed by atoms with van der Waals surface area (Å²) in [6.45, 7) is 0. The predicted octanol–water partition coefficient (Wildman–Crippen LogP) is 3.07. The monoisotopic (exact) mass is 188 g/mol. The van der Waals surface area contributed by atoms with Crippen molar-refractivity contribution in [3.8, 4) is 0 Å². The van der Waals surface area contributed by atoms with Crippen LogP contribution in [0.15, 0.2) is 29.9 Å². The zero-order valence-corrected chi connectivity index (χ0v) is 8.41. The number of allylic oxidation sites excluding steroid dienone is 5. The molecule has 1 nitrogen and oxygen atoms in total. The molecule has 0 radical (unpaired) electrons. The molecule has 14 heavy (non-hydrogen) atoms. The summed E-state index contributed by atoms with van der Waals surface area (Å²) in [5.74, 6) is 3.11. The average Bonchev–Trinajstić information content (AvgIpc) is 2.30. The molecule has 2 aliphatic carbocycles. The van der Waals surface area contributed by atoms with Crippen molar-refractivity contribution >= 4 is 5.94 Å². The van der Waals surface area contributed by atoms with Crippen molar-refractivity contribution in [2.24, 2.45) is 11.8 Å². The van der Waals surface area contributed by atoms with Gasteiger partial charge in [0.25, 0.3) is 0 Å². The van der Waals surface area contributed by atoms with E-state index in [4.69, 9.17) is 0 Å². The summed E-state index contributed by atoms with van der Waals surface area (Å²) in [7, 11) is 0. The molecular formula is C13H16O. The van der Waals surface area contributed by atoms with Crippen LogP contribution in [-0.2, 0) is 4.79 Å². The van der Waals surface area contributed by atoms with E-state index in [1.54, 1.807) is 0 Å². The molecule has 0 amide bonds. The summed E-state index contributed by atoms with van der Waals surface area (Å²) < 4.78 is 0. The highest BCUT2D eigenvalue weighted by atomic mass is 16.1. The van der Waals surface area contributed by atoms with Crippen LogP contribution in [0.4, 0.5) is 0 Å². The minimum Gasteiger partial charge on any atom is -0.233 e. The van der Waals surface area contributed by atoms with Gasteiger partial charge in [-0.3, -0.25) is 0 Å². The van der Waals surface area contributed by atoms with Gasteiger partial charge in [0, 0.05) is 11.5 Å². The van der Waals surface area contributed by atoms with Gasteiger partial charge in [-0.15, -0.1) is 0 Å². The third kappa shape index (κ3) is 1.88. The second kappa shape index (κ2) is 4.43. The van der Waals surface area contributed by atoms with Crippen molar-refractivity contribution in [3.05, 3.63) is 29.9 Å². The smallest absolute Gasteiger partial charge is 0.128 e. The van der Waals surface area contributed by atoms with E-state index in [1.165, 1.54) is 32.1 Å². The molecule has 2 rings (SSSR count). The summed E-state index contributed by atoms with van der Waals surface area (Å²) in [5.41, 5.74) is 0.847. The van der Waals surface area contributed by atoms with Crippen molar-refractivity contribution in [1.82, 2.24) is 0 Å². The Hall–Kier alpha value is -1.07. The highest BCUT2D eigenvalue weighted by Gasteiger charge is 2.25. The van der Waals surface area contributed by atoms with E-state index in [-0.39, 0.29) is 0 Å². The standard InChI is InChI=1S/C13H16O/c14-10-12-8-4-5-9-13(12)11-6-2-1-3-7-11/h4-5,8-9,11,13H,1-3,6-7H2. The minimum absolute atomic E-state index is 0.345. The SMILES string of the molecule is O=C=C1C=CC=CC1C1CCCCC1. The molecule has 0 aromatic rings. The Labute approximate surface area is 85.2 Å². The van der Waals surface area contributed by atoms with Crippen LogP contribution in [0.3, 0.4) is 0 Å². The topological polar surface area (TPSA) is 17.1 Å². The molecule has 1 saturated carbocycles. The van der Waals surface area contributed by atoms with Gasteiger partial charge in [0.1, 0.15) is 5.94 Å². The first kappa shape index (κ1) is 9.48. The second-order valence-corrected chi connectivity index (χ2v) is 4.23. The molecular weight excluding hydrogens is 172 g/mol. The maximum atomic E-state index is 10.8. The van der Waals surface area contributed by atoms with E-state index < -0.39 is 0 Å². The van der Waals surface area contributed by atoms with Crippen LogP contribution in [-0.4, -0.2) is 5.94 Å². The van der Waals surface area contributed by atoms with Gasteiger partial charge >= 0.3 is 0 Å². The van der Waals surface area contributed by atoms with Gasteiger partial charge in [0.2, 0.25) is 0 Å². The van der Waals surface area contributed by atoms with Gasteiger partial charge in [0.15, 0.2) is 0 Å². The Morgan fingerprint density at radius 3 is 2.64 bits per heavy atom. The van der Waals surface area contributed by atoms with Crippen molar-refractivity contribution in [3.63, 3.8) is 0 Å². The van der Waals surface area contributed by atoms with E-state index >= 15 is 0 Å². The van der Waals surface area contributed by atoms with Crippen molar-refractivity contribution in [2.45, 2.75) is 32.1 Å². The van der Waals surface area contributed by atoms with Gasteiger partial charge in [-0.25, -0.2) is 4.79 Å². The fourth-order valence-electron chi connectivity index (χ4n) is 2.56. The van der Waals surface area contributed by atoms with Crippen LogP contribution in [0.25, 0.3) is 0 Å². The molecule has 0 heterocycles. The quantitative estimate of drug-likeness (QED) is 0.578. The zero-order chi connectivity index (χ0) is 9.80. The maximum absolute atomic E-state index is 10.8. The summed E-state index contributed by atoms with van der Waals surface area (Å²) in [6, 6.07) is 0. The summed E-state index contributed by atoms with van der Waals surface area (Å²) in [5, 5.41) is 0. The Bertz CT molecular complexity index is 299. The molecule has 0 N–H and O–H groups in total. The summed E-state index contributed by atoms with van der Waals surface area (Å²) in [6.07, 6.45) is 14.6. The number of hydrogen-bond acceptors (Lipinski definition) is 1. The van der Waals surface area contributed by atoms with E-state index in [0.29, 0.717) is 11.8 Å². The fourth-order valence-corrected chi connectivity index (χ4v) is 2.56. The average molecular weight is 188 g/mol. The van der Waals surface area contributed by atoms with E-state index in [1.807, 2.05) is 12.2 Å². The lowest BCUT2D eigenvalue weighted by Gasteiger charge is -2.28. The van der Waals surface area contributed by atoms with Crippen LogP contribution in [0.1, 0.15) is 32.1 Å². The van der Waals surface area contributed by atoms with Gasteiger partial charge in [-0.2, -0.15) is 0 Å². The Kier molecular flexibility index (Phi) is 3.00. The molecule has 1 heteroatoms. The Balaban J connectivity index is 2.12. The molecule has 0 aromatic carbocycles. The van der Waals surface area contributed by atoms with Crippen LogP contribution in [0, 0.1) is 11.8 Å². The van der Waals surface area contributed by atoms with Crippen LogP contribution < -0.4 is 0 Å². The highest BCUT2D eigenvalue weighted by Crippen LogP contribution is 2.35. The third-order valence-corrected chi connectivity index (χ3v) is 3.34. The number of rotatable bonds is 1. The third-order valence-electron chi connectivity index (χ3n) is 3.34. The Morgan fingerprint density at radius 2 is 1.93 bits per heavy atom. The molecule has 0 aromatic heterocycles. The largest absolute Gasteiger partial charge is 0.233 e. The molecule has 0 bridgehead atoms. The molecule has 2 aliphatic rings. The van der Waals surface area contributed by atoms with Gasteiger partial charge < -0.3 is 0 Å². The lowest BCUT2D eigenvalue weighted by atomic mass is 9.75. The van der Waals surface area contributed by atoms with Gasteiger partial charge in [-0.05, 0) is 24.8 Å². The highest BCUT2D eigenvalue weighted by molar-refractivity contribution is 5.60. The summed E-state index contributed by atoms with van der Waals surface area (Å²) in [4.78, 5) is 10.8. The first-order valence-electron chi connectivity index (χ1n) is 5.51. The first-order valence-corrected chi connectivity index (χ1v) is 5.51. The van der Waals surface area contributed by atoms with Crippen LogP contribution in [0.2, 0.25) is 0 Å². The van der Waals surface area contributed by atoms with Crippen molar-refractivity contribution < 1.29 is 4.79 Å². The van der Waals surface area contributed by atoms with Crippen LogP contribution in [0.5, 0.6) is 0 Å². The van der Waals surface area contributed by atoms with Crippen LogP contribution >= 0.6 is 0 Å². The molecule has 0 aliphatic heterocycles. The van der Waals surface area contributed by atoms with Gasteiger partial charge in [-0.1, -0.05) is 37.5 Å². The predicted molar refractivity (Wildman–Crippen MR) is 57.6 cm³/mol. The molecule has 74 valence electrons. The summed E-state index contributed by atoms with van der Waals surface area (Å²) >= 11 is 0.